The Morgan fingerprint density at radius 1 is 1.06 bits per heavy atom. The first-order valence-electron chi connectivity index (χ1n) is 11.6. The van der Waals surface area contributed by atoms with Crippen molar-refractivity contribution in [3.63, 3.8) is 0 Å². The normalized spacial score (nSPS) is 15.7. The summed E-state index contributed by atoms with van der Waals surface area (Å²) in [4.78, 5) is 36.8. The molecule has 0 saturated carbocycles. The van der Waals surface area contributed by atoms with E-state index in [-0.39, 0.29) is 26.2 Å². The van der Waals surface area contributed by atoms with E-state index in [1.165, 1.54) is 0 Å². The molecule has 1 unspecified atom stereocenters. The number of nitrogens with one attached hydrogen (secondary N) is 2. The molecule has 1 aliphatic carbocycles. The average molecular weight is 485 g/mol. The van der Waals surface area contributed by atoms with Crippen molar-refractivity contribution in [3.8, 4) is 0 Å². The standard InChI is InChI=1S/C23H40N4O7/c1-18(16-20(25)28)23(2,27-22(30)34-17-19-6-4-3-5-7-19)21(29)26-9-11-32-13-15-33-14-12-31-10-8-24/h4,6-7,18H,3,5,8-17,24H2,1-2H3,(H2,25,28)(H,26,29)(H,27,30)/t18-,23?/m0/s1. The lowest BCUT2D eigenvalue weighted by atomic mass is 9.83. The molecule has 0 spiro atoms. The number of nitrogens with two attached hydrogens (primary N) is 2. The van der Waals surface area contributed by atoms with Gasteiger partial charge in [0.15, 0.2) is 0 Å². The maximum absolute atomic E-state index is 12.9. The molecule has 0 bridgehead atoms. The van der Waals surface area contributed by atoms with Crippen LogP contribution in [-0.4, -0.2) is 82.8 Å². The van der Waals surface area contributed by atoms with Crippen LogP contribution in [0.5, 0.6) is 0 Å². The number of alkyl carbamates (subject to hydrolysis) is 1. The summed E-state index contributed by atoms with van der Waals surface area (Å²) in [5.74, 6) is -1.61. The number of hydrogen-bond acceptors (Lipinski definition) is 8. The molecule has 0 saturated heterocycles. The smallest absolute Gasteiger partial charge is 0.408 e. The van der Waals surface area contributed by atoms with E-state index < -0.39 is 29.4 Å². The number of carbonyl (C=O) groups is 3. The van der Waals surface area contributed by atoms with Gasteiger partial charge >= 0.3 is 6.09 Å². The second-order valence-corrected chi connectivity index (χ2v) is 8.12. The highest BCUT2D eigenvalue weighted by atomic mass is 16.6. The van der Waals surface area contributed by atoms with Crippen LogP contribution in [0.2, 0.25) is 0 Å². The van der Waals surface area contributed by atoms with E-state index in [9.17, 15) is 14.4 Å². The molecule has 11 nitrogen and oxygen atoms in total. The van der Waals surface area contributed by atoms with Crippen molar-refractivity contribution in [2.24, 2.45) is 17.4 Å². The second-order valence-electron chi connectivity index (χ2n) is 8.12. The van der Waals surface area contributed by atoms with Crippen LogP contribution in [0.3, 0.4) is 0 Å². The van der Waals surface area contributed by atoms with Crippen molar-refractivity contribution in [1.82, 2.24) is 10.6 Å². The zero-order valence-electron chi connectivity index (χ0n) is 20.3. The van der Waals surface area contributed by atoms with Gasteiger partial charge in [-0.2, -0.15) is 0 Å². The second kappa shape index (κ2) is 17.0. The molecule has 2 atom stereocenters. The lowest BCUT2D eigenvalue weighted by Crippen LogP contribution is -2.61. The highest BCUT2D eigenvalue weighted by Gasteiger charge is 2.41. The lowest BCUT2D eigenvalue weighted by Gasteiger charge is -2.34. The highest BCUT2D eigenvalue weighted by molar-refractivity contribution is 5.90. The minimum Gasteiger partial charge on any atom is -0.445 e. The van der Waals surface area contributed by atoms with Crippen LogP contribution in [0.1, 0.15) is 33.1 Å². The Bertz CT molecular complexity index is 699. The first kappa shape index (κ1) is 29.6. The van der Waals surface area contributed by atoms with Gasteiger partial charge in [-0.1, -0.05) is 25.2 Å². The lowest BCUT2D eigenvalue weighted by molar-refractivity contribution is -0.130. The van der Waals surface area contributed by atoms with E-state index in [1.54, 1.807) is 13.8 Å². The molecule has 0 heterocycles. The number of rotatable bonds is 18. The fourth-order valence-corrected chi connectivity index (χ4v) is 3.13. The summed E-state index contributed by atoms with van der Waals surface area (Å²) in [6.45, 7) is 6.42. The van der Waals surface area contributed by atoms with Crippen LogP contribution in [-0.2, 0) is 28.5 Å². The molecule has 6 N–H and O–H groups in total. The molecule has 1 rings (SSSR count). The molecule has 11 heteroatoms. The predicted molar refractivity (Wildman–Crippen MR) is 127 cm³/mol. The van der Waals surface area contributed by atoms with Crippen molar-refractivity contribution in [1.29, 1.82) is 0 Å². The van der Waals surface area contributed by atoms with E-state index in [4.69, 9.17) is 30.4 Å². The van der Waals surface area contributed by atoms with Gasteiger partial charge in [-0.3, -0.25) is 9.59 Å². The Labute approximate surface area is 201 Å². The first-order valence-corrected chi connectivity index (χ1v) is 11.6. The van der Waals surface area contributed by atoms with E-state index in [1.807, 2.05) is 18.2 Å². The molecule has 34 heavy (non-hydrogen) atoms. The minimum atomic E-state index is -1.41. The number of primary amides is 1. The Balaban J connectivity index is 2.44. The van der Waals surface area contributed by atoms with Crippen molar-refractivity contribution in [2.75, 3.05) is 59.3 Å². The maximum Gasteiger partial charge on any atom is 0.408 e. The Hall–Kier alpha value is -2.47. The van der Waals surface area contributed by atoms with Crippen molar-refractivity contribution in [2.45, 2.75) is 38.6 Å². The molecule has 0 aromatic carbocycles. The molecule has 0 aromatic heterocycles. The monoisotopic (exact) mass is 484 g/mol. The Morgan fingerprint density at radius 3 is 2.29 bits per heavy atom. The van der Waals surface area contributed by atoms with Crippen molar-refractivity contribution >= 4 is 17.9 Å². The van der Waals surface area contributed by atoms with Crippen LogP contribution in [0.15, 0.2) is 23.8 Å². The van der Waals surface area contributed by atoms with Gasteiger partial charge in [0, 0.05) is 19.5 Å². The summed E-state index contributed by atoms with van der Waals surface area (Å²) in [6.07, 6.45) is 6.92. The highest BCUT2D eigenvalue weighted by Crippen LogP contribution is 2.21. The number of amides is 3. The van der Waals surface area contributed by atoms with E-state index in [0.29, 0.717) is 39.6 Å². The SMILES string of the molecule is C[C@@H](CC(N)=O)C(C)(NC(=O)OCC1=CCCC=C1)C(=O)NCCOCCOCCOCCN. The largest absolute Gasteiger partial charge is 0.445 e. The van der Waals surface area contributed by atoms with E-state index in [2.05, 4.69) is 10.6 Å². The van der Waals surface area contributed by atoms with Crippen molar-refractivity contribution in [3.05, 3.63) is 23.8 Å². The van der Waals surface area contributed by atoms with Gasteiger partial charge in [0.25, 0.3) is 0 Å². The minimum absolute atomic E-state index is 0.0824. The average Bonchev–Trinajstić information content (AvgIpc) is 2.81. The van der Waals surface area contributed by atoms with E-state index >= 15 is 0 Å². The van der Waals surface area contributed by atoms with Gasteiger partial charge in [0.2, 0.25) is 11.8 Å². The van der Waals surface area contributed by atoms with Gasteiger partial charge in [-0.25, -0.2) is 4.79 Å². The molecule has 0 fully saturated rings. The number of allylic oxidation sites excluding steroid dienone is 2. The summed E-state index contributed by atoms with van der Waals surface area (Å²) in [5, 5.41) is 5.35. The Kier molecular flexibility index (Phi) is 14.8. The predicted octanol–water partition coefficient (Wildman–Crippen LogP) is 0.384. The van der Waals surface area contributed by atoms with E-state index in [0.717, 1.165) is 18.4 Å². The molecule has 0 aromatic rings. The molecule has 194 valence electrons. The third-order valence-corrected chi connectivity index (χ3v) is 5.31. The third kappa shape index (κ3) is 12.1. The zero-order chi connectivity index (χ0) is 25.2. The third-order valence-electron chi connectivity index (χ3n) is 5.31. The number of ether oxygens (including phenoxy) is 4. The number of hydrogen-bond donors (Lipinski definition) is 4. The summed E-state index contributed by atoms with van der Waals surface area (Å²) < 4.78 is 21.3. The van der Waals surface area contributed by atoms with Gasteiger partial charge in [0.1, 0.15) is 12.1 Å². The first-order chi connectivity index (χ1) is 16.3. The summed E-state index contributed by atoms with van der Waals surface area (Å²) in [7, 11) is 0. The number of carbonyl (C=O) groups excluding carboxylic acids is 3. The fourth-order valence-electron chi connectivity index (χ4n) is 3.13. The van der Waals surface area contributed by atoms with Crippen LogP contribution in [0, 0.1) is 5.92 Å². The molecule has 0 radical (unpaired) electrons. The van der Waals surface area contributed by atoms with Crippen LogP contribution in [0.4, 0.5) is 4.79 Å². The molecular weight excluding hydrogens is 444 g/mol. The van der Waals surface area contributed by atoms with Gasteiger partial charge in [0.05, 0.1) is 39.6 Å². The van der Waals surface area contributed by atoms with Crippen LogP contribution >= 0.6 is 0 Å². The summed E-state index contributed by atoms with van der Waals surface area (Å²) in [5.41, 5.74) is 10.1. The maximum atomic E-state index is 12.9. The van der Waals surface area contributed by atoms with Crippen molar-refractivity contribution < 1.29 is 33.3 Å². The quantitative estimate of drug-likeness (QED) is 0.203. The molecule has 3 amide bonds. The van der Waals surface area contributed by atoms with Gasteiger partial charge in [-0.05, 0) is 31.3 Å². The molecule has 0 aliphatic heterocycles. The van der Waals surface area contributed by atoms with Gasteiger partial charge < -0.3 is 41.0 Å². The molecule has 1 aliphatic rings. The molecular formula is C23H40N4O7. The van der Waals surface area contributed by atoms with Crippen LogP contribution in [0.25, 0.3) is 0 Å². The summed E-state index contributed by atoms with van der Waals surface area (Å²) in [6, 6.07) is 0. The zero-order valence-corrected chi connectivity index (χ0v) is 20.3. The topological polar surface area (TPSA) is 164 Å². The summed E-state index contributed by atoms with van der Waals surface area (Å²) >= 11 is 0. The fraction of sp³-hybridized carbons (Fsp3) is 0.696. The van der Waals surface area contributed by atoms with Crippen LogP contribution < -0.4 is 22.1 Å². The Morgan fingerprint density at radius 2 is 1.71 bits per heavy atom. The van der Waals surface area contributed by atoms with Gasteiger partial charge in [-0.15, -0.1) is 0 Å².